The van der Waals surface area contributed by atoms with Crippen molar-refractivity contribution in [1.82, 2.24) is 20.1 Å². The lowest BCUT2D eigenvalue weighted by Gasteiger charge is -2.43. The third-order valence-electron chi connectivity index (χ3n) is 7.85. The molecule has 0 saturated heterocycles. The quantitative estimate of drug-likeness (QED) is 0.366. The van der Waals surface area contributed by atoms with Gasteiger partial charge in [0.1, 0.15) is 5.69 Å². The molecular weight excluding hydrogens is 432 g/mol. The summed E-state index contributed by atoms with van der Waals surface area (Å²) >= 11 is 0. The highest BCUT2D eigenvalue weighted by Gasteiger charge is 2.36. The number of nitrogens with one attached hydrogen (secondary N) is 1. The minimum atomic E-state index is -0.736. The molecule has 5 heteroatoms. The molecule has 4 heterocycles. The summed E-state index contributed by atoms with van der Waals surface area (Å²) in [5.74, 6) is 0. The number of aromatic nitrogens is 3. The third-order valence-corrected chi connectivity index (χ3v) is 7.85. The lowest BCUT2D eigenvalue weighted by molar-refractivity contribution is -0.0288. The predicted molar refractivity (Wildman–Crippen MR) is 141 cm³/mol. The van der Waals surface area contributed by atoms with Gasteiger partial charge in [0.15, 0.2) is 0 Å². The van der Waals surface area contributed by atoms with Crippen LogP contribution in [-0.2, 0) is 19.4 Å². The van der Waals surface area contributed by atoms with Gasteiger partial charge in [0, 0.05) is 29.1 Å². The lowest BCUT2D eigenvalue weighted by atomic mass is 9.84. The zero-order chi connectivity index (χ0) is 24.0. The molecule has 35 heavy (non-hydrogen) atoms. The molecule has 2 aliphatic rings. The van der Waals surface area contributed by atoms with Crippen molar-refractivity contribution in [3.8, 4) is 22.5 Å². The van der Waals surface area contributed by atoms with Crippen LogP contribution in [0.15, 0.2) is 54.7 Å². The second-order valence-electron chi connectivity index (χ2n) is 10.9. The van der Waals surface area contributed by atoms with Crippen LogP contribution in [0.25, 0.3) is 33.4 Å². The van der Waals surface area contributed by atoms with Gasteiger partial charge >= 0.3 is 0 Å². The van der Waals surface area contributed by atoms with Gasteiger partial charge in [-0.15, -0.1) is 0 Å². The Morgan fingerprint density at radius 1 is 0.971 bits per heavy atom. The Morgan fingerprint density at radius 2 is 1.86 bits per heavy atom. The van der Waals surface area contributed by atoms with Crippen LogP contribution >= 0.6 is 0 Å². The first-order valence-corrected chi connectivity index (χ1v) is 13.0. The Hall–Kier alpha value is -3.02. The largest absolute Gasteiger partial charge is 0.389 e. The fourth-order valence-corrected chi connectivity index (χ4v) is 5.90. The van der Waals surface area contributed by atoms with E-state index in [0.29, 0.717) is 0 Å². The van der Waals surface area contributed by atoms with E-state index in [4.69, 9.17) is 10.1 Å². The molecule has 2 aromatic heterocycles. The molecule has 0 aliphatic carbocycles. The Balaban J connectivity index is 1.46. The first kappa shape index (κ1) is 22.4. The molecule has 4 aromatic rings. The minimum absolute atomic E-state index is 0.133. The molecule has 2 aliphatic heterocycles. The molecule has 180 valence electrons. The highest BCUT2D eigenvalue weighted by Crippen LogP contribution is 2.35. The molecule has 0 fully saturated rings. The molecule has 6 rings (SSSR count). The van der Waals surface area contributed by atoms with Crippen molar-refractivity contribution in [2.24, 2.45) is 0 Å². The van der Waals surface area contributed by atoms with E-state index < -0.39 is 5.60 Å². The van der Waals surface area contributed by atoms with Crippen molar-refractivity contribution >= 4 is 10.9 Å². The van der Waals surface area contributed by atoms with E-state index in [1.54, 1.807) is 0 Å². The van der Waals surface area contributed by atoms with E-state index in [1.807, 2.05) is 20.0 Å². The summed E-state index contributed by atoms with van der Waals surface area (Å²) in [6, 6.07) is 17.9. The van der Waals surface area contributed by atoms with E-state index in [-0.39, 0.29) is 6.04 Å². The first-order chi connectivity index (χ1) is 17.0. The fourth-order valence-electron chi connectivity index (χ4n) is 5.90. The maximum absolute atomic E-state index is 11.0. The number of hydrogen-bond donors (Lipinski definition) is 2. The van der Waals surface area contributed by atoms with Crippen molar-refractivity contribution in [2.75, 3.05) is 6.54 Å². The number of aromatic amines is 1. The molecule has 0 saturated carbocycles. The van der Waals surface area contributed by atoms with Gasteiger partial charge in [0.25, 0.3) is 0 Å². The summed E-state index contributed by atoms with van der Waals surface area (Å²) in [6.45, 7) is 5.81. The third kappa shape index (κ3) is 4.39. The average molecular weight is 467 g/mol. The molecule has 2 atom stereocenters. The average Bonchev–Trinajstić information content (AvgIpc) is 3.27. The normalized spacial score (nSPS) is 20.7. The fraction of sp³-hybridized carbons (Fsp3) is 0.400. The highest BCUT2D eigenvalue weighted by atomic mass is 16.3. The second kappa shape index (κ2) is 8.89. The molecule has 0 radical (unpaired) electrons. The van der Waals surface area contributed by atoms with Crippen LogP contribution in [0, 0.1) is 0 Å². The molecule has 2 unspecified atom stereocenters. The van der Waals surface area contributed by atoms with Gasteiger partial charge in [-0.2, -0.15) is 5.10 Å². The van der Waals surface area contributed by atoms with Gasteiger partial charge in [0.05, 0.1) is 23.0 Å². The van der Waals surface area contributed by atoms with Crippen LogP contribution in [0.1, 0.15) is 56.2 Å². The van der Waals surface area contributed by atoms with Crippen molar-refractivity contribution in [2.45, 2.75) is 70.6 Å². The Bertz CT molecular complexity index is 1370. The maximum atomic E-state index is 11.0. The number of hydrogen-bond acceptors (Lipinski definition) is 4. The number of H-pyrrole nitrogens is 1. The van der Waals surface area contributed by atoms with E-state index in [1.165, 1.54) is 36.0 Å². The van der Waals surface area contributed by atoms with Gasteiger partial charge in [-0.3, -0.25) is 15.0 Å². The molecule has 2 aromatic carbocycles. The maximum Gasteiger partial charge on any atom is 0.100 e. The number of nitrogens with zero attached hydrogens (tertiary/aromatic N) is 3. The zero-order valence-corrected chi connectivity index (χ0v) is 20.7. The molecular formula is C30H34N4O. The van der Waals surface area contributed by atoms with Crippen LogP contribution in [0.5, 0.6) is 0 Å². The van der Waals surface area contributed by atoms with Crippen molar-refractivity contribution < 1.29 is 5.11 Å². The van der Waals surface area contributed by atoms with Crippen molar-refractivity contribution in [3.05, 3.63) is 71.4 Å². The van der Waals surface area contributed by atoms with Crippen molar-refractivity contribution in [3.63, 3.8) is 0 Å². The topological polar surface area (TPSA) is 65.0 Å². The van der Waals surface area contributed by atoms with Gasteiger partial charge in [-0.1, -0.05) is 43.2 Å². The molecule has 7 bridgehead atoms. The number of benzene rings is 2. The second-order valence-corrected chi connectivity index (χ2v) is 10.9. The van der Waals surface area contributed by atoms with Gasteiger partial charge < -0.3 is 5.11 Å². The van der Waals surface area contributed by atoms with E-state index in [0.717, 1.165) is 65.8 Å². The summed E-state index contributed by atoms with van der Waals surface area (Å²) < 4.78 is 0. The molecule has 2 N–H and O–H groups in total. The molecule has 0 amide bonds. The van der Waals surface area contributed by atoms with Crippen molar-refractivity contribution in [1.29, 1.82) is 0 Å². The summed E-state index contributed by atoms with van der Waals surface area (Å²) in [5, 5.41) is 20.0. The van der Waals surface area contributed by atoms with Crippen LogP contribution in [0.4, 0.5) is 0 Å². The number of fused-ring (bicyclic) bond motifs is 7. The van der Waals surface area contributed by atoms with E-state index in [2.05, 4.69) is 58.5 Å². The van der Waals surface area contributed by atoms with Gasteiger partial charge in [-0.25, -0.2) is 0 Å². The van der Waals surface area contributed by atoms with E-state index >= 15 is 0 Å². The van der Waals surface area contributed by atoms with Gasteiger partial charge in [0.2, 0.25) is 0 Å². The van der Waals surface area contributed by atoms with Crippen LogP contribution in [0.3, 0.4) is 0 Å². The summed E-state index contributed by atoms with van der Waals surface area (Å²) in [4.78, 5) is 7.24. The summed E-state index contributed by atoms with van der Waals surface area (Å²) in [6.07, 6.45) is 8.69. The Labute approximate surface area is 207 Å². The number of aliphatic hydroxyl groups is 1. The SMILES string of the molecule is CC(C)(O)C1Cc2ccc3cc2CN1CCCCCCc1cccc(c1)-c1cc2c-3n[nH]c2cn1. The first-order valence-electron chi connectivity index (χ1n) is 13.0. The smallest absolute Gasteiger partial charge is 0.100 e. The van der Waals surface area contributed by atoms with E-state index in [9.17, 15) is 5.11 Å². The highest BCUT2D eigenvalue weighted by molar-refractivity contribution is 5.94. The molecule has 0 spiro atoms. The van der Waals surface area contributed by atoms with Gasteiger partial charge in [-0.05, 0) is 81.0 Å². The standard InChI is InChI=1S/C30H34N4O/c1-30(2,35)28-16-21-11-12-23-15-24(21)19-34(28)13-6-4-3-5-8-20-9-7-10-22(14-20)26-17-25-27(18-31-26)32-33-29(23)25/h7,9-12,14-15,17-18,28,35H,3-6,8,13,16,19H2,1-2H3,(H,32,33). The number of rotatable bonds is 1. The predicted octanol–water partition coefficient (Wildman–Crippen LogP) is 5.91. The van der Waals surface area contributed by atoms with Crippen LogP contribution in [0.2, 0.25) is 0 Å². The Morgan fingerprint density at radius 3 is 2.74 bits per heavy atom. The monoisotopic (exact) mass is 466 g/mol. The Kier molecular flexibility index (Phi) is 5.70. The lowest BCUT2D eigenvalue weighted by Crippen LogP contribution is -2.52. The summed E-state index contributed by atoms with van der Waals surface area (Å²) in [5.41, 5.74) is 8.53. The zero-order valence-electron chi connectivity index (χ0n) is 20.7. The number of pyridine rings is 1. The summed E-state index contributed by atoms with van der Waals surface area (Å²) in [7, 11) is 0. The van der Waals surface area contributed by atoms with Crippen LogP contribution < -0.4 is 0 Å². The minimum Gasteiger partial charge on any atom is -0.389 e. The number of aryl methyl sites for hydroxylation is 1. The molecule has 5 nitrogen and oxygen atoms in total. The van der Waals surface area contributed by atoms with Crippen LogP contribution in [-0.4, -0.2) is 43.4 Å².